The summed E-state index contributed by atoms with van der Waals surface area (Å²) < 4.78 is 16.4. The van der Waals surface area contributed by atoms with E-state index in [1.54, 1.807) is 7.11 Å². The molecule has 0 amide bonds. The highest BCUT2D eigenvalue weighted by Crippen LogP contribution is 2.45. The average Bonchev–Trinajstić information content (AvgIpc) is 2.95. The van der Waals surface area contributed by atoms with Gasteiger partial charge in [0.05, 0.1) is 37.7 Å². The monoisotopic (exact) mass is 450 g/mol. The van der Waals surface area contributed by atoms with Crippen LogP contribution in [0.3, 0.4) is 0 Å². The summed E-state index contributed by atoms with van der Waals surface area (Å²) in [5.41, 5.74) is 3.94. The number of esters is 1. The lowest BCUT2D eigenvalue weighted by atomic mass is 9.75. The molecule has 2 aromatic rings. The van der Waals surface area contributed by atoms with E-state index in [2.05, 4.69) is 10.6 Å². The Labute approximate surface area is 194 Å². The Morgan fingerprint density at radius 2 is 1.79 bits per heavy atom. The molecule has 1 aliphatic heterocycles. The van der Waals surface area contributed by atoms with Gasteiger partial charge in [-0.3, -0.25) is 9.59 Å². The van der Waals surface area contributed by atoms with Crippen LogP contribution in [0.5, 0.6) is 11.5 Å². The van der Waals surface area contributed by atoms with E-state index in [0.717, 1.165) is 22.6 Å². The third kappa shape index (κ3) is 4.27. The zero-order chi connectivity index (χ0) is 23.7. The Bertz CT molecular complexity index is 1110. The minimum absolute atomic E-state index is 0.00614. The molecule has 7 nitrogen and oxygen atoms in total. The molecular weight excluding hydrogens is 420 g/mol. The van der Waals surface area contributed by atoms with Gasteiger partial charge in [0.1, 0.15) is 5.92 Å². The fraction of sp³-hybridized carbons (Fsp3) is 0.385. The van der Waals surface area contributed by atoms with E-state index < -0.39 is 17.9 Å². The first-order valence-electron chi connectivity index (χ1n) is 11.2. The topological polar surface area (TPSA) is 85.9 Å². The van der Waals surface area contributed by atoms with Crippen molar-refractivity contribution in [2.45, 2.75) is 39.3 Å². The molecule has 4 rings (SSSR count). The first kappa shape index (κ1) is 22.7. The molecule has 0 saturated heterocycles. The predicted molar refractivity (Wildman–Crippen MR) is 127 cm³/mol. The number of rotatable bonds is 5. The van der Waals surface area contributed by atoms with Crippen LogP contribution in [0.4, 0.5) is 11.4 Å². The maximum Gasteiger partial charge on any atom is 0.316 e. The molecule has 2 aromatic carbocycles. The molecule has 1 heterocycles. The maximum absolute atomic E-state index is 13.7. The first-order chi connectivity index (χ1) is 15.8. The summed E-state index contributed by atoms with van der Waals surface area (Å²) in [7, 11) is 2.91. The Morgan fingerprint density at radius 3 is 2.45 bits per heavy atom. The number of hydrogen-bond acceptors (Lipinski definition) is 7. The van der Waals surface area contributed by atoms with Crippen molar-refractivity contribution in [3.63, 3.8) is 0 Å². The smallest absolute Gasteiger partial charge is 0.316 e. The number of fused-ring (bicyclic) bond motifs is 1. The highest BCUT2D eigenvalue weighted by Gasteiger charge is 2.44. The SMILES string of the molecule is COC(=O)[C@H]1C(=O)C2=C(C[C@H]1C)Nc1ccccc1N[C@@H]2c1ccc(OC(C)C)c(OC)c1. The molecule has 2 aliphatic rings. The number of nitrogens with one attached hydrogen (secondary N) is 2. The lowest BCUT2D eigenvalue weighted by Gasteiger charge is -2.32. The second-order valence-corrected chi connectivity index (χ2v) is 8.76. The van der Waals surface area contributed by atoms with Crippen molar-refractivity contribution >= 4 is 23.1 Å². The van der Waals surface area contributed by atoms with Crippen LogP contribution in [0.25, 0.3) is 0 Å². The van der Waals surface area contributed by atoms with Crippen molar-refractivity contribution in [2.24, 2.45) is 11.8 Å². The van der Waals surface area contributed by atoms with Crippen LogP contribution >= 0.6 is 0 Å². The van der Waals surface area contributed by atoms with Gasteiger partial charge in [0.15, 0.2) is 17.3 Å². The van der Waals surface area contributed by atoms with Gasteiger partial charge in [-0.05, 0) is 56.0 Å². The Morgan fingerprint density at radius 1 is 1.06 bits per heavy atom. The second-order valence-electron chi connectivity index (χ2n) is 8.76. The molecule has 33 heavy (non-hydrogen) atoms. The molecule has 0 spiro atoms. The van der Waals surface area contributed by atoms with Crippen molar-refractivity contribution in [2.75, 3.05) is 24.9 Å². The molecular formula is C26H30N2O5. The highest BCUT2D eigenvalue weighted by atomic mass is 16.5. The number of carbonyl (C=O) groups excluding carboxylic acids is 2. The maximum atomic E-state index is 13.7. The number of para-hydroxylation sites is 2. The van der Waals surface area contributed by atoms with Crippen LogP contribution in [0.1, 0.15) is 38.8 Å². The van der Waals surface area contributed by atoms with E-state index in [4.69, 9.17) is 14.2 Å². The number of anilines is 2. The predicted octanol–water partition coefficient (Wildman–Crippen LogP) is 4.71. The fourth-order valence-corrected chi connectivity index (χ4v) is 4.60. The quantitative estimate of drug-likeness (QED) is 0.504. The van der Waals surface area contributed by atoms with Gasteiger partial charge in [0.2, 0.25) is 0 Å². The molecule has 0 aromatic heterocycles. The second kappa shape index (κ2) is 9.17. The zero-order valence-corrected chi connectivity index (χ0v) is 19.6. The number of benzene rings is 2. The fourth-order valence-electron chi connectivity index (χ4n) is 4.60. The van der Waals surface area contributed by atoms with E-state index in [-0.39, 0.29) is 17.8 Å². The van der Waals surface area contributed by atoms with Gasteiger partial charge in [-0.2, -0.15) is 0 Å². The standard InChI is InChI=1S/C26H30N2O5/c1-14(2)33-20-11-10-16(13-21(20)31-4)24-23-19(27-17-8-6-7-9-18(17)28-24)12-15(3)22(25(23)29)26(30)32-5/h6-11,13-15,22,24,27-28H,12H2,1-5H3/t15-,22-,24-/m1/s1. The Kier molecular flexibility index (Phi) is 6.31. The van der Waals surface area contributed by atoms with Gasteiger partial charge >= 0.3 is 5.97 Å². The van der Waals surface area contributed by atoms with E-state index in [0.29, 0.717) is 23.5 Å². The van der Waals surface area contributed by atoms with E-state index in [1.165, 1.54) is 7.11 Å². The number of ether oxygens (including phenoxy) is 3. The van der Waals surface area contributed by atoms with Crippen molar-refractivity contribution in [3.05, 3.63) is 59.3 Å². The van der Waals surface area contributed by atoms with Crippen molar-refractivity contribution in [1.29, 1.82) is 0 Å². The lowest BCUT2D eigenvalue weighted by Crippen LogP contribution is -2.39. The van der Waals surface area contributed by atoms with Crippen molar-refractivity contribution in [3.8, 4) is 11.5 Å². The normalized spacial score (nSPS) is 21.9. The zero-order valence-electron chi connectivity index (χ0n) is 19.6. The molecule has 174 valence electrons. The average molecular weight is 451 g/mol. The molecule has 3 atom stereocenters. The Hall–Kier alpha value is -3.48. The molecule has 0 radical (unpaired) electrons. The number of methoxy groups -OCH3 is 2. The molecule has 0 saturated carbocycles. The third-order valence-electron chi connectivity index (χ3n) is 6.11. The summed E-state index contributed by atoms with van der Waals surface area (Å²) in [5.74, 6) is -0.539. The number of hydrogen-bond donors (Lipinski definition) is 2. The minimum Gasteiger partial charge on any atom is -0.493 e. The summed E-state index contributed by atoms with van der Waals surface area (Å²) in [5, 5.41) is 6.97. The molecule has 1 aliphatic carbocycles. The van der Waals surface area contributed by atoms with Crippen LogP contribution < -0.4 is 20.1 Å². The number of allylic oxidation sites excluding steroid dienone is 1. The third-order valence-corrected chi connectivity index (χ3v) is 6.11. The van der Waals surface area contributed by atoms with Crippen LogP contribution in [0, 0.1) is 11.8 Å². The summed E-state index contributed by atoms with van der Waals surface area (Å²) >= 11 is 0. The Balaban J connectivity index is 1.85. The summed E-state index contributed by atoms with van der Waals surface area (Å²) in [4.78, 5) is 26.2. The number of Topliss-reactive ketones (excluding diaryl/α,β-unsaturated/α-hetero) is 1. The van der Waals surface area contributed by atoms with Gasteiger partial charge in [-0.1, -0.05) is 25.1 Å². The molecule has 0 bridgehead atoms. The van der Waals surface area contributed by atoms with Crippen LogP contribution in [0.15, 0.2) is 53.7 Å². The van der Waals surface area contributed by atoms with Gasteiger partial charge < -0.3 is 24.8 Å². The van der Waals surface area contributed by atoms with Crippen molar-refractivity contribution in [1.82, 2.24) is 0 Å². The van der Waals surface area contributed by atoms with Crippen LogP contribution in [-0.4, -0.2) is 32.1 Å². The molecule has 0 fully saturated rings. The van der Waals surface area contributed by atoms with Gasteiger partial charge in [0.25, 0.3) is 0 Å². The highest BCUT2D eigenvalue weighted by molar-refractivity contribution is 6.11. The first-order valence-corrected chi connectivity index (χ1v) is 11.2. The van der Waals surface area contributed by atoms with Gasteiger partial charge in [0, 0.05) is 11.3 Å². The van der Waals surface area contributed by atoms with Gasteiger partial charge in [-0.25, -0.2) is 0 Å². The van der Waals surface area contributed by atoms with E-state index in [9.17, 15) is 9.59 Å². The minimum atomic E-state index is -0.841. The lowest BCUT2D eigenvalue weighted by molar-refractivity contribution is -0.151. The van der Waals surface area contributed by atoms with Crippen LogP contribution in [-0.2, 0) is 14.3 Å². The molecule has 0 unspecified atom stereocenters. The molecule has 7 heteroatoms. The summed E-state index contributed by atoms with van der Waals surface area (Å²) in [6.45, 7) is 5.81. The largest absolute Gasteiger partial charge is 0.493 e. The van der Waals surface area contributed by atoms with Crippen molar-refractivity contribution < 1.29 is 23.8 Å². The number of ketones is 1. The van der Waals surface area contributed by atoms with Gasteiger partial charge in [-0.15, -0.1) is 0 Å². The van der Waals surface area contributed by atoms with E-state index >= 15 is 0 Å². The molecule has 2 N–H and O–H groups in total. The summed E-state index contributed by atoms with van der Waals surface area (Å²) in [6.07, 6.45) is 0.548. The van der Waals surface area contributed by atoms with Crippen LogP contribution in [0.2, 0.25) is 0 Å². The summed E-state index contributed by atoms with van der Waals surface area (Å²) in [6, 6.07) is 13.0. The number of carbonyl (C=O) groups is 2. The van der Waals surface area contributed by atoms with E-state index in [1.807, 2.05) is 63.2 Å².